The van der Waals surface area contributed by atoms with E-state index in [1.807, 2.05) is 0 Å². The van der Waals surface area contributed by atoms with Gasteiger partial charge in [0.1, 0.15) is 72.5 Å². The molecule has 0 spiro atoms. The fourth-order valence-corrected chi connectivity index (χ4v) is 12.3. The third-order valence-electron chi connectivity index (χ3n) is 17.6. The third kappa shape index (κ3) is 26.7. The van der Waals surface area contributed by atoms with Crippen molar-refractivity contribution in [2.45, 2.75) is 224 Å². The van der Waals surface area contributed by atoms with Gasteiger partial charge < -0.3 is 104 Å². The zero-order chi connectivity index (χ0) is 77.1. The van der Waals surface area contributed by atoms with Crippen LogP contribution in [0.1, 0.15) is 151 Å². The molecule has 4 aliphatic heterocycles. The number of likely N-dealkylation sites (tertiary alicyclic amines) is 4. The highest BCUT2D eigenvalue weighted by molar-refractivity contribution is 6.01. The fraction of sp³-hybridized carbons (Fsp3) is 0.703. The zero-order valence-corrected chi connectivity index (χ0v) is 59.0. The predicted octanol–water partition coefficient (Wildman–Crippen LogP) is -6.03. The summed E-state index contributed by atoms with van der Waals surface area (Å²) in [5.41, 5.74) is 5.74. The lowest BCUT2D eigenvalue weighted by molar-refractivity contribution is -0.151. The van der Waals surface area contributed by atoms with E-state index < -0.39 is 230 Å². The summed E-state index contributed by atoms with van der Waals surface area (Å²) in [6.45, 7) is 8.77. The van der Waals surface area contributed by atoms with Crippen LogP contribution >= 0.6 is 0 Å². The molecular formula is C64H100N16O23. The van der Waals surface area contributed by atoms with E-state index in [2.05, 4.69) is 58.5 Å². The van der Waals surface area contributed by atoms with Gasteiger partial charge in [0.2, 0.25) is 88.6 Å². The maximum absolute atomic E-state index is 14.4. The van der Waals surface area contributed by atoms with E-state index >= 15 is 0 Å². The summed E-state index contributed by atoms with van der Waals surface area (Å²) in [4.78, 5) is 254. The molecule has 39 nitrogen and oxygen atoms in total. The summed E-state index contributed by atoms with van der Waals surface area (Å²) in [5, 5.41) is 64.0. The van der Waals surface area contributed by atoms with Gasteiger partial charge in [-0.05, 0) is 116 Å². The van der Waals surface area contributed by atoms with Crippen LogP contribution < -0.4 is 64.2 Å². The number of hydrogen-bond donors (Lipinski definition) is 16. The molecule has 0 radical (unpaired) electrons. The SMILES string of the molecule is CC(=O)NCC(=O)N[C@@H](CCC(=O)O)C(=O)N1CCC[C@H]1C(=O)N1CCC[C@H]1C(=O)N1CCC[C@H]1C(=O)NCC(=O)N[C@@H](CCCCN)C(=O)N1CCC[C@H]1C(=O)N[C@@H](C)C(=O)N[C@@H](CC(=O)O)C(=O)N[C@@H](CC(=O)O)C(=O)N[C@@H](C)C(=O)NCC(=O)N[C@@H](CC(C)C)C(=O)N[C@H](C(=O)O)C(C)C. The Morgan fingerprint density at radius 2 is 0.835 bits per heavy atom. The molecule has 4 rings (SSSR count). The van der Waals surface area contributed by atoms with Gasteiger partial charge in [-0.25, -0.2) is 4.79 Å². The highest BCUT2D eigenvalue weighted by atomic mass is 16.4. The third-order valence-corrected chi connectivity index (χ3v) is 17.6. The van der Waals surface area contributed by atoms with Crippen LogP contribution in [0.15, 0.2) is 0 Å². The Bertz CT molecular complexity index is 3170. The number of aliphatic carboxylic acids is 4. The number of unbranched alkanes of at least 4 members (excludes halogenated alkanes) is 1. The summed E-state index contributed by atoms with van der Waals surface area (Å²) in [6, 6.07) is -16.6. The van der Waals surface area contributed by atoms with Gasteiger partial charge in [-0.1, -0.05) is 27.7 Å². The first-order valence-electron chi connectivity index (χ1n) is 34.5. The maximum Gasteiger partial charge on any atom is 0.326 e. The minimum absolute atomic E-state index is 0.00554. The molecule has 0 aromatic rings. The van der Waals surface area contributed by atoms with Crippen LogP contribution in [0, 0.1) is 11.8 Å². The van der Waals surface area contributed by atoms with Crippen molar-refractivity contribution < 1.29 is 112 Å². The normalized spacial score (nSPS) is 19.4. The second kappa shape index (κ2) is 41.1. The summed E-state index contributed by atoms with van der Waals surface area (Å²) in [6.07, 6.45) is -0.130. The molecule has 4 fully saturated rings. The Morgan fingerprint density at radius 1 is 0.417 bits per heavy atom. The van der Waals surface area contributed by atoms with Crippen molar-refractivity contribution in [3.05, 3.63) is 0 Å². The van der Waals surface area contributed by atoms with E-state index in [-0.39, 0.29) is 90.0 Å². The Kier molecular flexibility index (Phi) is 34.0. The van der Waals surface area contributed by atoms with Gasteiger partial charge in [-0.2, -0.15) is 0 Å². The molecule has 17 N–H and O–H groups in total. The minimum atomic E-state index is -2.02. The molecule has 4 saturated heterocycles. The molecule has 4 heterocycles. The monoisotopic (exact) mass is 1460 g/mol. The molecule has 0 aromatic heterocycles. The van der Waals surface area contributed by atoms with Crippen molar-refractivity contribution in [3.8, 4) is 0 Å². The standard InChI is InChI=1S/C64H100N16O23/c1-32(2)26-39(57(95)76-52(33(3)4)64(102)103)73-48(84)30-67-53(91)34(5)69-55(93)40(27-50(87)88)75-56(94)41(28-51(89)90)74-54(92)35(6)70-59(97)43-16-11-22-77(43)60(98)37(14-8-9-21-65)71-47(83)31-68-58(96)42-15-10-23-78(42)62(100)45-18-13-25-80(45)63(101)44-17-12-24-79(44)61(99)38(19-20-49(85)86)72-46(82)29-66-36(7)81/h32-35,37-45,52H,8-31,65H2,1-7H3,(H,66,81)(H,67,91)(H,68,96)(H,69,93)(H,70,97)(H,71,83)(H,72,82)(H,73,84)(H,74,92)(H,75,94)(H,76,95)(H,85,86)(H,87,88)(H,89,90)(H,102,103)/t34-,35-,37-,38-,39-,40-,41-,42-,43-,44-,45-,52-/m0/s1. The molecule has 0 bridgehead atoms. The highest BCUT2D eigenvalue weighted by Gasteiger charge is 2.47. The fourth-order valence-electron chi connectivity index (χ4n) is 12.3. The Labute approximate surface area is 593 Å². The maximum atomic E-state index is 14.4. The molecule has 574 valence electrons. The number of hydrogen-bond acceptors (Lipinski definition) is 20. The van der Waals surface area contributed by atoms with Crippen molar-refractivity contribution >= 4 is 112 Å². The van der Waals surface area contributed by atoms with E-state index in [0.717, 1.165) is 13.8 Å². The lowest BCUT2D eigenvalue weighted by Gasteiger charge is -2.35. The number of nitrogens with zero attached hydrogens (tertiary/aromatic N) is 4. The summed E-state index contributed by atoms with van der Waals surface area (Å²) < 4.78 is 0. The van der Waals surface area contributed by atoms with Crippen molar-refractivity contribution in [1.29, 1.82) is 0 Å². The highest BCUT2D eigenvalue weighted by Crippen LogP contribution is 2.30. The molecule has 0 saturated carbocycles. The molecule has 39 heteroatoms. The first-order valence-corrected chi connectivity index (χ1v) is 34.5. The zero-order valence-electron chi connectivity index (χ0n) is 59.0. The Hall–Kier alpha value is -10.1. The summed E-state index contributed by atoms with van der Waals surface area (Å²) in [5.74, 6) is -19.2. The Balaban J connectivity index is 1.35. The van der Waals surface area contributed by atoms with Gasteiger partial charge in [0.15, 0.2) is 0 Å². The predicted molar refractivity (Wildman–Crippen MR) is 357 cm³/mol. The largest absolute Gasteiger partial charge is 0.481 e. The quantitative estimate of drug-likeness (QED) is 0.0254. The number of nitrogens with one attached hydrogen (secondary N) is 11. The van der Waals surface area contributed by atoms with Crippen LogP contribution in [0.4, 0.5) is 0 Å². The number of carboxylic acids is 4. The second-order valence-corrected chi connectivity index (χ2v) is 26.7. The van der Waals surface area contributed by atoms with Gasteiger partial charge in [0.05, 0.1) is 32.5 Å². The van der Waals surface area contributed by atoms with Crippen LogP contribution in [0.5, 0.6) is 0 Å². The van der Waals surface area contributed by atoms with Crippen molar-refractivity contribution in [1.82, 2.24) is 78.1 Å². The summed E-state index contributed by atoms with van der Waals surface area (Å²) >= 11 is 0. The van der Waals surface area contributed by atoms with E-state index in [1.54, 1.807) is 27.7 Å². The number of carboxylic acid groups (broad SMARTS) is 4. The molecule has 0 aliphatic carbocycles. The lowest BCUT2D eigenvalue weighted by atomic mass is 10.0. The smallest absolute Gasteiger partial charge is 0.326 e. The first-order chi connectivity index (χ1) is 48.4. The van der Waals surface area contributed by atoms with Crippen molar-refractivity contribution in [3.63, 3.8) is 0 Å². The lowest BCUT2D eigenvalue weighted by Crippen LogP contribution is -2.59. The Morgan fingerprint density at radius 3 is 1.32 bits per heavy atom. The molecular weight excluding hydrogens is 1360 g/mol. The van der Waals surface area contributed by atoms with Crippen LogP contribution in [0.25, 0.3) is 0 Å². The van der Waals surface area contributed by atoms with E-state index in [0.29, 0.717) is 32.1 Å². The molecule has 4 aliphatic rings. The van der Waals surface area contributed by atoms with Crippen LogP contribution in [-0.4, -0.2) is 277 Å². The van der Waals surface area contributed by atoms with Gasteiger partial charge in [-0.15, -0.1) is 0 Å². The number of carbonyl (C=O) groups excluding carboxylic acids is 15. The van der Waals surface area contributed by atoms with Gasteiger partial charge in [-0.3, -0.25) is 86.3 Å². The average Bonchev–Trinajstić information content (AvgIpc) is 1.67. The van der Waals surface area contributed by atoms with E-state index in [9.17, 15) is 112 Å². The van der Waals surface area contributed by atoms with Gasteiger partial charge in [0, 0.05) is 39.5 Å². The molecule has 0 aromatic carbocycles. The first kappa shape index (κ1) is 85.3. The van der Waals surface area contributed by atoms with Crippen LogP contribution in [-0.2, 0) is 91.1 Å². The van der Waals surface area contributed by atoms with Crippen LogP contribution in [0.3, 0.4) is 0 Å². The van der Waals surface area contributed by atoms with Gasteiger partial charge >= 0.3 is 23.9 Å². The summed E-state index contributed by atoms with van der Waals surface area (Å²) in [7, 11) is 0. The number of nitrogens with two attached hydrogens (primary N) is 1. The average molecular weight is 1460 g/mol. The molecule has 103 heavy (non-hydrogen) atoms. The van der Waals surface area contributed by atoms with E-state index in [4.69, 9.17) is 5.73 Å². The minimum Gasteiger partial charge on any atom is -0.481 e. The molecule has 0 unspecified atom stereocenters. The molecule has 15 amide bonds. The second-order valence-electron chi connectivity index (χ2n) is 26.7. The molecule has 12 atom stereocenters. The number of rotatable bonds is 40. The van der Waals surface area contributed by atoms with Crippen molar-refractivity contribution in [2.75, 3.05) is 52.4 Å². The van der Waals surface area contributed by atoms with Crippen molar-refractivity contribution in [2.24, 2.45) is 17.6 Å². The topological polar surface area (TPSA) is 577 Å². The van der Waals surface area contributed by atoms with Gasteiger partial charge in [0.25, 0.3) is 0 Å². The number of carbonyl (C=O) groups is 19. The van der Waals surface area contributed by atoms with E-state index in [1.165, 1.54) is 26.5 Å². The van der Waals surface area contributed by atoms with Crippen LogP contribution in [0.2, 0.25) is 0 Å². The number of amides is 15.